The Bertz CT molecular complexity index is 367. The van der Waals surface area contributed by atoms with Gasteiger partial charge in [0.25, 0.3) is 0 Å². The predicted molar refractivity (Wildman–Crippen MR) is 72.1 cm³/mol. The molecule has 6 nitrogen and oxygen atoms in total. The molecule has 0 radical (unpaired) electrons. The van der Waals surface area contributed by atoms with Crippen molar-refractivity contribution in [1.82, 2.24) is 0 Å². The Hall–Kier alpha value is 1.96. The van der Waals surface area contributed by atoms with Crippen molar-refractivity contribution in [2.45, 2.75) is 20.1 Å². The van der Waals surface area contributed by atoms with Crippen LogP contribution in [0.4, 0.5) is 4.79 Å². The molecule has 0 aliphatic rings. The molecular weight excluding hydrogens is 410 g/mol. The Morgan fingerprint density at radius 2 is 1.50 bits per heavy atom. The summed E-state index contributed by atoms with van der Waals surface area (Å²) in [4.78, 5) is 8.33. The second-order valence-electron chi connectivity index (χ2n) is 3.36. The zero-order chi connectivity index (χ0) is 15.4. The molecule has 0 unspecified atom stereocenters. The topological polar surface area (TPSA) is 90.9 Å². The van der Waals surface area contributed by atoms with Gasteiger partial charge in [0.15, 0.2) is 6.29 Å². The van der Waals surface area contributed by atoms with Crippen molar-refractivity contribution in [3.63, 3.8) is 0 Å². The van der Waals surface area contributed by atoms with Gasteiger partial charge in [-0.25, -0.2) is 0 Å². The summed E-state index contributed by atoms with van der Waals surface area (Å²) in [6.07, 6.45) is -2.63. The van der Waals surface area contributed by atoms with Crippen molar-refractivity contribution in [1.29, 1.82) is 0 Å². The molecule has 0 saturated heterocycles. The van der Waals surface area contributed by atoms with Crippen LogP contribution in [0.3, 0.4) is 0 Å². The van der Waals surface area contributed by atoms with Crippen LogP contribution in [0.2, 0.25) is 0 Å². The van der Waals surface area contributed by atoms with Crippen molar-refractivity contribution in [2.24, 2.45) is 0 Å². The standard InChI is InChI=1S/C12H17BrO3.CH2O3.2K/c1-3-14-12(15-4-2)9-16-11-7-5-10(13)6-8-11;2-1(3)4;;/h5-8,12H,3-4,9H2,1-2H3;(H2,2,3,4);;/q;;2*+1/p-2. The number of hydrogen-bond acceptors (Lipinski definition) is 6. The minimum Gasteiger partial charge on any atom is -0.652 e. The summed E-state index contributed by atoms with van der Waals surface area (Å²) in [5, 5.41) is 16.7. The van der Waals surface area contributed by atoms with Gasteiger partial charge in [0, 0.05) is 17.7 Å². The molecule has 0 amide bonds. The summed E-state index contributed by atoms with van der Waals surface area (Å²) in [6, 6.07) is 7.68. The Kier molecular flexibility index (Phi) is 25.2. The molecular formula is C13H17BrK2O6. The summed E-state index contributed by atoms with van der Waals surface area (Å²) in [6.45, 7) is 5.52. The van der Waals surface area contributed by atoms with E-state index < -0.39 is 6.16 Å². The molecule has 0 saturated carbocycles. The molecule has 0 bridgehead atoms. The Balaban J connectivity index is -0.000000538. The minimum atomic E-state index is -2.33. The number of halogens is 1. The Morgan fingerprint density at radius 3 is 1.86 bits per heavy atom. The molecule has 22 heavy (non-hydrogen) atoms. The van der Waals surface area contributed by atoms with Gasteiger partial charge in [-0.2, -0.15) is 0 Å². The van der Waals surface area contributed by atoms with Crippen molar-refractivity contribution >= 4 is 22.1 Å². The van der Waals surface area contributed by atoms with Crippen LogP contribution >= 0.6 is 15.9 Å². The summed E-state index contributed by atoms with van der Waals surface area (Å²) in [5.74, 6) is 0.813. The smallest absolute Gasteiger partial charge is 0.652 e. The summed E-state index contributed by atoms with van der Waals surface area (Å²) in [5.41, 5.74) is 0. The first kappa shape index (κ1) is 28.8. The van der Waals surface area contributed by atoms with Gasteiger partial charge in [-0.1, -0.05) is 15.9 Å². The number of carbonyl (C=O) groups excluding carboxylic acids is 1. The first-order valence-corrected chi connectivity index (χ1v) is 6.78. The average molecular weight is 427 g/mol. The van der Waals surface area contributed by atoms with Crippen LogP contribution in [0.15, 0.2) is 28.7 Å². The number of rotatable bonds is 7. The zero-order valence-electron chi connectivity index (χ0n) is 13.3. The first-order chi connectivity index (χ1) is 9.49. The Morgan fingerprint density at radius 1 is 1.09 bits per heavy atom. The van der Waals surface area contributed by atoms with Gasteiger partial charge in [-0.05, 0) is 44.3 Å². The van der Waals surface area contributed by atoms with Gasteiger partial charge in [-0.15, -0.1) is 0 Å². The van der Waals surface area contributed by atoms with Gasteiger partial charge >= 0.3 is 103 Å². The van der Waals surface area contributed by atoms with Crippen molar-refractivity contribution in [3.05, 3.63) is 28.7 Å². The van der Waals surface area contributed by atoms with E-state index in [-0.39, 0.29) is 109 Å². The van der Waals surface area contributed by atoms with E-state index in [0.29, 0.717) is 19.8 Å². The zero-order valence-corrected chi connectivity index (χ0v) is 21.2. The molecule has 0 aliphatic heterocycles. The maximum absolute atomic E-state index is 8.33. The van der Waals surface area contributed by atoms with Gasteiger partial charge in [-0.3, -0.25) is 0 Å². The summed E-state index contributed by atoms with van der Waals surface area (Å²) in [7, 11) is 0. The molecule has 1 aromatic rings. The van der Waals surface area contributed by atoms with Gasteiger partial charge in [0.05, 0.1) is 0 Å². The minimum absolute atomic E-state index is 0. The molecule has 0 heterocycles. The van der Waals surface area contributed by atoms with Crippen molar-refractivity contribution in [2.75, 3.05) is 19.8 Å². The summed E-state index contributed by atoms with van der Waals surface area (Å²) >= 11 is 3.37. The van der Waals surface area contributed by atoms with E-state index in [1.165, 1.54) is 0 Å². The van der Waals surface area contributed by atoms with Gasteiger partial charge < -0.3 is 29.2 Å². The van der Waals surface area contributed by atoms with Crippen LogP contribution < -0.4 is 118 Å². The first-order valence-electron chi connectivity index (χ1n) is 5.99. The van der Waals surface area contributed by atoms with E-state index in [1.807, 2.05) is 38.1 Å². The number of carbonyl (C=O) groups is 1. The fourth-order valence-electron chi connectivity index (χ4n) is 1.21. The molecule has 0 aromatic heterocycles. The molecule has 1 rings (SSSR count). The van der Waals surface area contributed by atoms with Crippen LogP contribution in [0.1, 0.15) is 13.8 Å². The van der Waals surface area contributed by atoms with Crippen LogP contribution in [0, 0.1) is 0 Å². The molecule has 0 fully saturated rings. The third-order valence-corrected chi connectivity index (χ3v) is 2.43. The quantitative estimate of drug-likeness (QED) is 0.319. The second-order valence-corrected chi connectivity index (χ2v) is 4.27. The second kappa shape index (κ2) is 19.3. The third-order valence-electron chi connectivity index (χ3n) is 1.90. The van der Waals surface area contributed by atoms with Crippen LogP contribution in [-0.2, 0) is 9.47 Å². The maximum Gasteiger partial charge on any atom is 1.00 e. The summed E-state index contributed by atoms with van der Waals surface area (Å²) < 4.78 is 17.3. The van der Waals surface area contributed by atoms with E-state index in [2.05, 4.69) is 15.9 Å². The number of hydrogen-bond donors (Lipinski definition) is 0. The van der Waals surface area contributed by atoms with Crippen LogP contribution in [0.25, 0.3) is 0 Å². The molecule has 9 heteroatoms. The SMILES string of the molecule is CCOC(COc1ccc(Br)cc1)OCC.O=C([O-])[O-].[K+].[K+]. The largest absolute Gasteiger partial charge is 1.00 e. The molecule has 114 valence electrons. The third kappa shape index (κ3) is 18.3. The fourth-order valence-corrected chi connectivity index (χ4v) is 1.48. The number of ether oxygens (including phenoxy) is 3. The number of carboxylic acid groups (broad SMARTS) is 2. The van der Waals surface area contributed by atoms with Crippen molar-refractivity contribution < 1.29 is 132 Å². The fraction of sp³-hybridized carbons (Fsp3) is 0.462. The van der Waals surface area contributed by atoms with Gasteiger partial charge in [0.2, 0.25) is 0 Å². The van der Waals surface area contributed by atoms with E-state index in [0.717, 1.165) is 10.2 Å². The molecule has 1 aromatic carbocycles. The normalized spacial score (nSPS) is 8.91. The molecule has 0 spiro atoms. The van der Waals surface area contributed by atoms with Gasteiger partial charge in [0.1, 0.15) is 12.4 Å². The van der Waals surface area contributed by atoms with Crippen LogP contribution in [-0.4, -0.2) is 32.3 Å². The van der Waals surface area contributed by atoms with Crippen molar-refractivity contribution in [3.8, 4) is 5.75 Å². The van der Waals surface area contributed by atoms with Crippen LogP contribution in [0.5, 0.6) is 5.75 Å². The molecule has 0 aliphatic carbocycles. The number of benzene rings is 1. The molecule has 0 N–H and O–H groups in total. The maximum atomic E-state index is 8.33. The average Bonchev–Trinajstić information content (AvgIpc) is 2.38. The Labute approximate surface area is 224 Å². The monoisotopic (exact) mass is 426 g/mol. The van der Waals surface area contributed by atoms with E-state index in [4.69, 9.17) is 29.2 Å². The van der Waals surface area contributed by atoms with E-state index in [1.54, 1.807) is 0 Å². The van der Waals surface area contributed by atoms with E-state index in [9.17, 15) is 0 Å². The van der Waals surface area contributed by atoms with E-state index >= 15 is 0 Å². The predicted octanol–water partition coefficient (Wildman–Crippen LogP) is -5.21. The molecule has 0 atom stereocenters.